The summed E-state index contributed by atoms with van der Waals surface area (Å²) in [5.41, 5.74) is 0.626. The third-order valence-corrected chi connectivity index (χ3v) is 3.25. The molecule has 0 radical (unpaired) electrons. The number of carbonyl (C=O) groups is 1. The Morgan fingerprint density at radius 3 is 2.40 bits per heavy atom. The first-order valence-corrected chi connectivity index (χ1v) is 7.15. The number of esters is 1. The first-order valence-electron chi connectivity index (χ1n) is 7.15. The van der Waals surface area contributed by atoms with E-state index in [9.17, 15) is 4.79 Å². The van der Waals surface area contributed by atoms with E-state index in [-0.39, 0.29) is 13.4 Å². The minimum atomic E-state index is -0.223. The first-order chi connectivity index (χ1) is 9.09. The molecule has 20 heavy (non-hydrogen) atoms. The van der Waals surface area contributed by atoms with Crippen molar-refractivity contribution < 1.29 is 9.53 Å². The average molecular weight is 277 g/mol. The second kappa shape index (κ2) is 10.5. The van der Waals surface area contributed by atoms with Crippen LogP contribution >= 0.6 is 0 Å². The van der Waals surface area contributed by atoms with Crippen LogP contribution in [0, 0.1) is 18.8 Å². The fraction of sp³-hybridized carbons (Fsp3) is 0.556. The molecule has 1 rings (SSSR count). The molecule has 0 heterocycles. The summed E-state index contributed by atoms with van der Waals surface area (Å²) in [7, 11) is 0. The molecule has 0 aliphatic heterocycles. The topological polar surface area (TPSA) is 26.3 Å². The van der Waals surface area contributed by atoms with Gasteiger partial charge in [-0.05, 0) is 24.5 Å². The minimum absolute atomic E-state index is 0. The van der Waals surface area contributed by atoms with Crippen molar-refractivity contribution in [3.63, 3.8) is 0 Å². The monoisotopic (exact) mass is 277 g/mol. The third-order valence-electron chi connectivity index (χ3n) is 3.25. The summed E-state index contributed by atoms with van der Waals surface area (Å²) >= 11 is 0. The van der Waals surface area contributed by atoms with E-state index in [1.165, 1.54) is 19.3 Å². The molecule has 1 aromatic rings. The molecule has 0 saturated carbocycles. The highest BCUT2D eigenvalue weighted by Gasteiger charge is 2.07. The van der Waals surface area contributed by atoms with Crippen molar-refractivity contribution >= 4 is 5.97 Å². The van der Waals surface area contributed by atoms with E-state index in [4.69, 9.17) is 4.74 Å². The van der Waals surface area contributed by atoms with Crippen LogP contribution in [-0.4, -0.2) is 12.6 Å². The summed E-state index contributed by atoms with van der Waals surface area (Å²) < 4.78 is 5.27. The summed E-state index contributed by atoms with van der Waals surface area (Å²) in [5, 5.41) is 0. The van der Waals surface area contributed by atoms with Gasteiger partial charge < -0.3 is 11.7 Å². The van der Waals surface area contributed by atoms with E-state index in [0.717, 1.165) is 6.42 Å². The highest BCUT2D eigenvalue weighted by molar-refractivity contribution is 5.89. The van der Waals surface area contributed by atoms with Gasteiger partial charge in [-0.3, -0.25) is 0 Å². The second-order valence-corrected chi connectivity index (χ2v) is 5.43. The Balaban J connectivity index is 0.00000361. The maximum atomic E-state index is 11.7. The van der Waals surface area contributed by atoms with E-state index >= 15 is 0 Å². The van der Waals surface area contributed by atoms with Crippen molar-refractivity contribution in [3.8, 4) is 0 Å². The molecule has 0 spiro atoms. The van der Waals surface area contributed by atoms with E-state index in [1.54, 1.807) is 12.1 Å². The molecule has 2 atom stereocenters. The number of hydrogen-bond acceptors (Lipinski definition) is 2. The van der Waals surface area contributed by atoms with Crippen LogP contribution in [0.2, 0.25) is 0 Å². The molecule has 0 bridgehead atoms. The van der Waals surface area contributed by atoms with Gasteiger partial charge in [-0.25, -0.2) is 4.79 Å². The summed E-state index contributed by atoms with van der Waals surface area (Å²) in [6, 6.07) is 9.14. The zero-order chi connectivity index (χ0) is 14.1. The molecule has 0 saturated heterocycles. The van der Waals surface area contributed by atoms with Gasteiger partial charge >= 0.3 is 5.97 Å². The van der Waals surface area contributed by atoms with Crippen molar-refractivity contribution in [2.24, 2.45) is 11.8 Å². The lowest BCUT2D eigenvalue weighted by Crippen LogP contribution is -2.09. The SMILES string of the molecule is C.[CH2-]C(C)CCCC(C)CCOC(=O)c1ccccc1. The molecule has 2 nitrogen and oxygen atoms in total. The summed E-state index contributed by atoms with van der Waals surface area (Å²) in [4.78, 5) is 11.7. The molecule has 0 aromatic heterocycles. The van der Waals surface area contributed by atoms with Crippen LogP contribution < -0.4 is 0 Å². The predicted octanol–water partition coefficient (Wildman–Crippen LogP) is 5.15. The van der Waals surface area contributed by atoms with Crippen molar-refractivity contribution in [3.05, 3.63) is 42.8 Å². The lowest BCUT2D eigenvalue weighted by molar-refractivity contribution is 0.0483. The van der Waals surface area contributed by atoms with Gasteiger partial charge in [-0.15, -0.1) is 0 Å². The molecule has 0 N–H and O–H groups in total. The fourth-order valence-corrected chi connectivity index (χ4v) is 1.97. The Morgan fingerprint density at radius 1 is 1.15 bits per heavy atom. The van der Waals surface area contributed by atoms with Crippen molar-refractivity contribution in [2.45, 2.75) is 47.0 Å². The number of hydrogen-bond donors (Lipinski definition) is 0. The van der Waals surface area contributed by atoms with Crippen LogP contribution in [0.15, 0.2) is 30.3 Å². The zero-order valence-corrected chi connectivity index (χ0v) is 12.1. The first kappa shape index (κ1) is 18.7. The highest BCUT2D eigenvalue weighted by Crippen LogP contribution is 2.15. The summed E-state index contributed by atoms with van der Waals surface area (Å²) in [6.45, 7) is 8.85. The van der Waals surface area contributed by atoms with Crippen LogP contribution in [0.3, 0.4) is 0 Å². The van der Waals surface area contributed by atoms with Crippen LogP contribution in [0.5, 0.6) is 0 Å². The Bertz CT molecular complexity index is 357. The van der Waals surface area contributed by atoms with Gasteiger partial charge in [-0.1, -0.05) is 58.7 Å². The molecule has 0 aliphatic carbocycles. The van der Waals surface area contributed by atoms with E-state index in [0.29, 0.717) is 24.0 Å². The standard InChI is InChI=1S/C17H25O2.CH4/c1-14(2)8-7-9-15(3)12-13-19-17(18)16-10-5-4-6-11-16;/h4-6,10-11,14-15H,1,7-9,12-13H2,2-3H3;1H4/q-1;. The van der Waals surface area contributed by atoms with Gasteiger partial charge in [0.05, 0.1) is 12.2 Å². The van der Waals surface area contributed by atoms with Crippen molar-refractivity contribution in [2.75, 3.05) is 6.61 Å². The van der Waals surface area contributed by atoms with Crippen LogP contribution in [0.25, 0.3) is 0 Å². The number of ether oxygens (including phenoxy) is 1. The normalized spacial score (nSPS) is 13.2. The maximum absolute atomic E-state index is 11.7. The van der Waals surface area contributed by atoms with Gasteiger partial charge in [-0.2, -0.15) is 5.92 Å². The molecular formula is C18H29O2-. The highest BCUT2D eigenvalue weighted by atomic mass is 16.5. The van der Waals surface area contributed by atoms with Gasteiger partial charge in [0.25, 0.3) is 0 Å². The zero-order valence-electron chi connectivity index (χ0n) is 12.1. The molecule has 2 heteroatoms. The summed E-state index contributed by atoms with van der Waals surface area (Å²) in [5.74, 6) is 0.907. The molecule has 0 aliphatic rings. The largest absolute Gasteiger partial charge is 0.462 e. The Hall–Kier alpha value is -1.31. The molecular weight excluding hydrogens is 248 g/mol. The second-order valence-electron chi connectivity index (χ2n) is 5.43. The van der Waals surface area contributed by atoms with Gasteiger partial charge in [0.2, 0.25) is 0 Å². The van der Waals surface area contributed by atoms with Crippen LogP contribution in [-0.2, 0) is 4.74 Å². The van der Waals surface area contributed by atoms with E-state index in [2.05, 4.69) is 20.8 Å². The smallest absolute Gasteiger partial charge is 0.338 e. The Labute approximate surface area is 124 Å². The van der Waals surface area contributed by atoms with E-state index < -0.39 is 0 Å². The van der Waals surface area contributed by atoms with Crippen LogP contribution in [0.1, 0.15) is 57.3 Å². The Kier molecular flexibility index (Phi) is 9.79. The molecule has 114 valence electrons. The molecule has 1 aromatic carbocycles. The van der Waals surface area contributed by atoms with Crippen LogP contribution in [0.4, 0.5) is 0 Å². The van der Waals surface area contributed by atoms with Gasteiger partial charge in [0, 0.05) is 0 Å². The molecule has 0 amide bonds. The van der Waals surface area contributed by atoms with Crippen molar-refractivity contribution in [1.29, 1.82) is 0 Å². The van der Waals surface area contributed by atoms with Gasteiger partial charge in [0.15, 0.2) is 0 Å². The number of rotatable bonds is 8. The molecule has 0 fully saturated rings. The van der Waals surface area contributed by atoms with E-state index in [1.807, 2.05) is 18.2 Å². The quantitative estimate of drug-likeness (QED) is 0.485. The third kappa shape index (κ3) is 7.98. The lowest BCUT2D eigenvalue weighted by Gasteiger charge is -2.14. The average Bonchev–Trinajstić information content (AvgIpc) is 2.39. The minimum Gasteiger partial charge on any atom is -0.462 e. The number of carbonyl (C=O) groups excluding carboxylic acids is 1. The van der Waals surface area contributed by atoms with Gasteiger partial charge in [0.1, 0.15) is 0 Å². The van der Waals surface area contributed by atoms with Crippen molar-refractivity contribution in [1.82, 2.24) is 0 Å². The fourth-order valence-electron chi connectivity index (χ4n) is 1.97. The number of benzene rings is 1. The Morgan fingerprint density at radius 2 is 1.80 bits per heavy atom. The maximum Gasteiger partial charge on any atom is 0.338 e. The lowest BCUT2D eigenvalue weighted by atomic mass is 9.98. The predicted molar refractivity (Wildman–Crippen MR) is 85.6 cm³/mol. The summed E-state index contributed by atoms with van der Waals surface area (Å²) in [6.07, 6.45) is 4.50. The molecule has 2 unspecified atom stereocenters.